The van der Waals surface area contributed by atoms with Crippen molar-refractivity contribution >= 4 is 11.6 Å². The molecule has 0 aliphatic rings. The van der Waals surface area contributed by atoms with Gasteiger partial charge in [0.05, 0.1) is 0 Å². The van der Waals surface area contributed by atoms with Gasteiger partial charge in [0, 0.05) is 0 Å². The summed E-state index contributed by atoms with van der Waals surface area (Å²) in [5.74, 6) is -1.25. The van der Waals surface area contributed by atoms with Gasteiger partial charge < -0.3 is 5.11 Å². The fourth-order valence-electron chi connectivity index (χ4n) is 0.906. The number of aromatic amines is 1. The molecule has 2 rings (SSSR count). The molecule has 0 aromatic carbocycles. The first-order valence-electron chi connectivity index (χ1n) is 3.22. The van der Waals surface area contributed by atoms with Gasteiger partial charge in [-0.25, -0.2) is 24.1 Å². The second kappa shape index (κ2) is 2.37. The predicted octanol–water partition coefficient (Wildman–Crippen LogP) is -1.49. The maximum atomic E-state index is 11.0. The van der Waals surface area contributed by atoms with E-state index in [0.717, 1.165) is 10.7 Å². The number of hydrogen-bond acceptors (Lipinski definition) is 5. The summed E-state index contributed by atoms with van der Waals surface area (Å²) in [7, 11) is 0. The fourth-order valence-corrected chi connectivity index (χ4v) is 0.906. The number of carboxylic acid groups (broad SMARTS) is 1. The van der Waals surface area contributed by atoms with E-state index in [1.807, 2.05) is 5.10 Å². The molecule has 0 unspecified atom stereocenters. The van der Waals surface area contributed by atoms with E-state index in [1.165, 1.54) is 0 Å². The molecule has 8 nitrogen and oxygen atoms in total. The summed E-state index contributed by atoms with van der Waals surface area (Å²) in [4.78, 5) is 25.0. The Morgan fingerprint density at radius 3 is 3.08 bits per heavy atom. The number of H-pyrrole nitrogens is 1. The number of fused-ring (bicyclic) bond motifs is 1. The van der Waals surface area contributed by atoms with Gasteiger partial charge in [0.15, 0.2) is 11.3 Å². The topological polar surface area (TPSA) is 113 Å². The molecule has 2 aromatic rings. The highest BCUT2D eigenvalue weighted by Crippen LogP contribution is 2.00. The predicted molar refractivity (Wildman–Crippen MR) is 38.4 cm³/mol. The monoisotopic (exact) mass is 181 g/mol. The van der Waals surface area contributed by atoms with Gasteiger partial charge in [0.2, 0.25) is 0 Å². The van der Waals surface area contributed by atoms with Crippen LogP contribution in [0.5, 0.6) is 0 Å². The number of hydrogen-bond donors (Lipinski definition) is 2. The number of nitrogens with zero attached hydrogens (tertiary/aromatic N) is 4. The summed E-state index contributed by atoms with van der Waals surface area (Å²) in [6.07, 6.45) is 1.08. The van der Waals surface area contributed by atoms with E-state index >= 15 is 0 Å². The Morgan fingerprint density at radius 2 is 2.38 bits per heavy atom. The Balaban J connectivity index is 2.91. The Morgan fingerprint density at radius 1 is 1.62 bits per heavy atom. The van der Waals surface area contributed by atoms with Gasteiger partial charge in [-0.05, 0) is 0 Å². The molecule has 0 bridgehead atoms. The zero-order valence-electron chi connectivity index (χ0n) is 6.13. The molecule has 0 aliphatic carbocycles. The van der Waals surface area contributed by atoms with Crippen molar-refractivity contribution in [3.05, 3.63) is 22.5 Å². The molecule has 0 aliphatic heterocycles. The number of carbonyl (C=O) groups is 1. The molecule has 0 amide bonds. The zero-order valence-corrected chi connectivity index (χ0v) is 6.13. The van der Waals surface area contributed by atoms with Crippen molar-refractivity contribution in [2.24, 2.45) is 0 Å². The summed E-state index contributed by atoms with van der Waals surface area (Å²) in [6, 6.07) is 0. The maximum Gasteiger partial charge on any atom is 0.358 e. The van der Waals surface area contributed by atoms with Crippen LogP contribution in [0.2, 0.25) is 0 Å². The fraction of sp³-hybridized carbons (Fsp3) is 0. The van der Waals surface area contributed by atoms with E-state index in [0.29, 0.717) is 0 Å². The lowest BCUT2D eigenvalue weighted by atomic mass is 10.5. The Kier molecular flexibility index (Phi) is 1.35. The van der Waals surface area contributed by atoms with Gasteiger partial charge in [-0.2, -0.15) is 0 Å². The van der Waals surface area contributed by atoms with Crippen LogP contribution in [0.25, 0.3) is 5.65 Å². The van der Waals surface area contributed by atoms with Gasteiger partial charge in [-0.3, -0.25) is 0 Å². The molecule has 0 fully saturated rings. The van der Waals surface area contributed by atoms with Crippen LogP contribution < -0.4 is 5.69 Å². The minimum absolute atomic E-state index is 0.0729. The molecule has 66 valence electrons. The van der Waals surface area contributed by atoms with Crippen LogP contribution in [0.1, 0.15) is 10.5 Å². The van der Waals surface area contributed by atoms with Crippen LogP contribution >= 0.6 is 0 Å². The third-order valence-electron chi connectivity index (χ3n) is 1.45. The number of aromatic nitrogens is 5. The van der Waals surface area contributed by atoms with Gasteiger partial charge in [-0.15, -0.1) is 5.10 Å². The Bertz CT molecular complexity index is 526. The molecule has 0 spiro atoms. The Labute approximate surface area is 69.8 Å². The van der Waals surface area contributed by atoms with E-state index in [2.05, 4.69) is 15.3 Å². The zero-order chi connectivity index (χ0) is 9.42. The quantitative estimate of drug-likeness (QED) is 0.554. The molecular weight excluding hydrogens is 178 g/mol. The number of rotatable bonds is 1. The third kappa shape index (κ3) is 0.956. The van der Waals surface area contributed by atoms with Crippen LogP contribution in [0.15, 0.2) is 11.1 Å². The Hall–Kier alpha value is -2.25. The first-order valence-corrected chi connectivity index (χ1v) is 3.22. The van der Waals surface area contributed by atoms with Gasteiger partial charge in [-0.1, -0.05) is 5.21 Å². The molecule has 0 radical (unpaired) electrons. The highest BCUT2D eigenvalue weighted by atomic mass is 16.4. The van der Waals surface area contributed by atoms with Crippen molar-refractivity contribution in [3.8, 4) is 0 Å². The molecular formula is C5H3N5O3. The summed E-state index contributed by atoms with van der Waals surface area (Å²) in [5, 5.41) is 17.3. The van der Waals surface area contributed by atoms with E-state index in [9.17, 15) is 9.59 Å². The van der Waals surface area contributed by atoms with Crippen LogP contribution in [0, 0.1) is 0 Å². The second-order valence-electron chi connectivity index (χ2n) is 2.21. The lowest BCUT2D eigenvalue weighted by Gasteiger charge is -1.88. The SMILES string of the molecule is O=C(O)c1ncn2c(=O)[nH]nnc12. The molecule has 2 N–H and O–H groups in total. The van der Waals surface area contributed by atoms with Crippen molar-refractivity contribution in [2.45, 2.75) is 0 Å². The first kappa shape index (κ1) is 7.40. The van der Waals surface area contributed by atoms with Crippen molar-refractivity contribution in [1.82, 2.24) is 24.8 Å². The van der Waals surface area contributed by atoms with Gasteiger partial charge in [0.25, 0.3) is 0 Å². The van der Waals surface area contributed by atoms with Crippen LogP contribution in [0.4, 0.5) is 0 Å². The number of imidazole rings is 1. The maximum absolute atomic E-state index is 11.0. The normalized spacial score (nSPS) is 10.5. The molecule has 0 atom stereocenters. The van der Waals surface area contributed by atoms with Crippen molar-refractivity contribution in [2.75, 3.05) is 0 Å². The van der Waals surface area contributed by atoms with Crippen molar-refractivity contribution in [3.63, 3.8) is 0 Å². The van der Waals surface area contributed by atoms with Gasteiger partial charge in [0.1, 0.15) is 6.33 Å². The molecule has 0 saturated carbocycles. The smallest absolute Gasteiger partial charge is 0.358 e. The van der Waals surface area contributed by atoms with E-state index in [1.54, 1.807) is 0 Å². The highest BCUT2D eigenvalue weighted by Gasteiger charge is 2.14. The molecule has 2 aromatic heterocycles. The van der Waals surface area contributed by atoms with Crippen LogP contribution in [-0.2, 0) is 0 Å². The number of carboxylic acids is 1. The summed E-state index contributed by atoms with van der Waals surface area (Å²) < 4.78 is 0.969. The standard InChI is InChI=1S/C5H3N5O3/c11-4(12)2-3-7-9-8-5(13)10(3)1-6-2/h1H,(H,11,12)(H,7,8,13). The number of nitrogens with one attached hydrogen (secondary N) is 1. The minimum Gasteiger partial charge on any atom is -0.476 e. The van der Waals surface area contributed by atoms with Gasteiger partial charge >= 0.3 is 11.7 Å². The summed E-state index contributed by atoms with van der Waals surface area (Å²) in [5.41, 5.74) is -0.945. The largest absolute Gasteiger partial charge is 0.476 e. The first-order chi connectivity index (χ1) is 6.20. The molecule has 13 heavy (non-hydrogen) atoms. The van der Waals surface area contributed by atoms with Crippen molar-refractivity contribution < 1.29 is 9.90 Å². The summed E-state index contributed by atoms with van der Waals surface area (Å²) in [6.45, 7) is 0. The minimum atomic E-state index is -1.25. The molecule has 2 heterocycles. The third-order valence-corrected chi connectivity index (χ3v) is 1.45. The lowest BCUT2D eigenvalue weighted by Crippen LogP contribution is -2.18. The highest BCUT2D eigenvalue weighted by molar-refractivity contribution is 5.91. The number of aromatic carboxylic acids is 1. The van der Waals surface area contributed by atoms with E-state index in [4.69, 9.17) is 5.11 Å². The summed E-state index contributed by atoms with van der Waals surface area (Å²) >= 11 is 0. The lowest BCUT2D eigenvalue weighted by molar-refractivity contribution is 0.0693. The molecule has 0 saturated heterocycles. The average Bonchev–Trinajstić information content (AvgIpc) is 2.48. The van der Waals surface area contributed by atoms with Crippen LogP contribution in [0.3, 0.4) is 0 Å². The van der Waals surface area contributed by atoms with Crippen molar-refractivity contribution in [1.29, 1.82) is 0 Å². The van der Waals surface area contributed by atoms with E-state index < -0.39 is 11.7 Å². The second-order valence-corrected chi connectivity index (χ2v) is 2.21. The van der Waals surface area contributed by atoms with Crippen LogP contribution in [-0.4, -0.2) is 35.9 Å². The molecule has 8 heteroatoms. The average molecular weight is 181 g/mol. The van der Waals surface area contributed by atoms with E-state index in [-0.39, 0.29) is 11.3 Å².